The summed E-state index contributed by atoms with van der Waals surface area (Å²) in [5.74, 6) is 0.962. The fourth-order valence-corrected chi connectivity index (χ4v) is 6.07. The van der Waals surface area contributed by atoms with Gasteiger partial charge in [-0.1, -0.05) is 24.4 Å². The van der Waals surface area contributed by atoms with Crippen molar-refractivity contribution in [3.8, 4) is 0 Å². The average molecular weight is 556 g/mol. The van der Waals surface area contributed by atoms with Gasteiger partial charge in [0.2, 0.25) is 11.9 Å². The summed E-state index contributed by atoms with van der Waals surface area (Å²) in [6, 6.07) is 6.29. The Balaban J connectivity index is 1.48. The minimum Gasteiger partial charge on any atom is -0.352 e. The Hall–Kier alpha value is -2.91. The van der Waals surface area contributed by atoms with E-state index >= 15 is 0 Å². The zero-order valence-electron chi connectivity index (χ0n) is 23.7. The number of carbonyl (C=O) groups is 2. The number of amides is 2. The minimum absolute atomic E-state index is 0.0735. The maximum absolute atomic E-state index is 12.9. The lowest BCUT2D eigenvalue weighted by Crippen LogP contribution is -2.41. The highest BCUT2D eigenvalue weighted by atomic mass is 35.5. The van der Waals surface area contributed by atoms with Gasteiger partial charge in [-0.3, -0.25) is 9.59 Å². The quantitative estimate of drug-likeness (QED) is 0.392. The predicted octanol–water partition coefficient (Wildman–Crippen LogP) is 4.71. The molecule has 0 unspecified atom stereocenters. The molecule has 4 rings (SSSR count). The minimum atomic E-state index is -0.119. The van der Waals surface area contributed by atoms with E-state index in [2.05, 4.69) is 46.2 Å². The van der Waals surface area contributed by atoms with Crippen molar-refractivity contribution in [3.05, 3.63) is 40.3 Å². The molecular weight excluding hydrogens is 514 g/mol. The Morgan fingerprint density at radius 1 is 1.13 bits per heavy atom. The first-order valence-electron chi connectivity index (χ1n) is 14.0. The van der Waals surface area contributed by atoms with Gasteiger partial charge in [0.05, 0.1) is 16.4 Å². The van der Waals surface area contributed by atoms with Gasteiger partial charge in [0.15, 0.2) is 5.82 Å². The van der Waals surface area contributed by atoms with Crippen LogP contribution in [0.5, 0.6) is 0 Å². The summed E-state index contributed by atoms with van der Waals surface area (Å²) < 4.78 is 0. The van der Waals surface area contributed by atoms with Gasteiger partial charge >= 0.3 is 0 Å². The lowest BCUT2D eigenvalue weighted by molar-refractivity contribution is -0.127. The van der Waals surface area contributed by atoms with Crippen LogP contribution >= 0.6 is 11.6 Å². The summed E-state index contributed by atoms with van der Waals surface area (Å²) in [6.45, 7) is 6.24. The SMILES string of the molecule is C=N/C(=N\C1=C(C)N(C)C(=O)CCN1C1CCCC1)Nc1ccc(C(=O)NC2CCC(N(C)C)CC2)cc1Cl. The average Bonchev–Trinajstić information content (AvgIpc) is 3.43. The molecule has 2 N–H and O–H groups in total. The van der Waals surface area contributed by atoms with Crippen LogP contribution in [-0.2, 0) is 4.79 Å². The summed E-state index contributed by atoms with van der Waals surface area (Å²) in [5, 5.41) is 6.73. The Bertz CT molecular complexity index is 1130. The van der Waals surface area contributed by atoms with Crippen LogP contribution in [0.3, 0.4) is 0 Å². The number of aliphatic imine (C=N–C) groups is 2. The van der Waals surface area contributed by atoms with Crippen LogP contribution in [0, 0.1) is 0 Å². The van der Waals surface area contributed by atoms with E-state index < -0.39 is 0 Å². The molecule has 0 aromatic heterocycles. The first-order valence-corrected chi connectivity index (χ1v) is 14.4. The molecule has 10 heteroatoms. The lowest BCUT2D eigenvalue weighted by atomic mass is 9.90. The van der Waals surface area contributed by atoms with E-state index in [4.69, 9.17) is 16.6 Å². The first-order chi connectivity index (χ1) is 18.7. The van der Waals surface area contributed by atoms with Crippen molar-refractivity contribution >= 4 is 41.8 Å². The van der Waals surface area contributed by atoms with E-state index in [1.54, 1.807) is 30.1 Å². The van der Waals surface area contributed by atoms with Gasteiger partial charge < -0.3 is 25.3 Å². The Kier molecular flexibility index (Phi) is 9.67. The molecule has 212 valence electrons. The number of guanidine groups is 1. The predicted molar refractivity (Wildman–Crippen MR) is 158 cm³/mol. The molecule has 3 aliphatic rings. The van der Waals surface area contributed by atoms with E-state index in [0.717, 1.165) is 50.0 Å². The third-order valence-electron chi connectivity index (χ3n) is 8.41. The molecule has 2 fully saturated rings. The van der Waals surface area contributed by atoms with Gasteiger partial charge in [0.1, 0.15) is 0 Å². The molecule has 39 heavy (non-hydrogen) atoms. The number of halogens is 1. The second-order valence-corrected chi connectivity index (χ2v) is 11.5. The molecule has 0 atom stereocenters. The summed E-state index contributed by atoms with van der Waals surface area (Å²) in [5.41, 5.74) is 1.87. The maximum Gasteiger partial charge on any atom is 0.251 e. The number of allylic oxidation sites excluding steroid dienone is 1. The van der Waals surface area contributed by atoms with Crippen molar-refractivity contribution in [1.29, 1.82) is 0 Å². The maximum atomic E-state index is 12.9. The highest BCUT2D eigenvalue weighted by molar-refractivity contribution is 6.34. The molecule has 9 nitrogen and oxygen atoms in total. The number of carbonyl (C=O) groups excluding carboxylic acids is 2. The van der Waals surface area contributed by atoms with Gasteiger partial charge in [-0.15, -0.1) is 0 Å². The molecule has 2 saturated carbocycles. The van der Waals surface area contributed by atoms with Gasteiger partial charge in [-0.2, -0.15) is 4.99 Å². The summed E-state index contributed by atoms with van der Waals surface area (Å²) in [4.78, 5) is 40.7. The summed E-state index contributed by atoms with van der Waals surface area (Å²) in [7, 11) is 6.01. The highest BCUT2D eigenvalue weighted by Crippen LogP contribution is 2.31. The van der Waals surface area contributed by atoms with Crippen LogP contribution in [0.4, 0.5) is 5.69 Å². The molecule has 2 amide bonds. The summed E-state index contributed by atoms with van der Waals surface area (Å²) in [6.07, 6.45) is 9.08. The van der Waals surface area contributed by atoms with Gasteiger partial charge in [0.25, 0.3) is 5.91 Å². The molecule has 1 aromatic carbocycles. The number of hydrogen-bond donors (Lipinski definition) is 2. The Morgan fingerprint density at radius 2 is 1.82 bits per heavy atom. The van der Waals surface area contributed by atoms with Crippen LogP contribution < -0.4 is 10.6 Å². The largest absolute Gasteiger partial charge is 0.352 e. The van der Waals surface area contributed by atoms with Crippen molar-refractivity contribution in [2.24, 2.45) is 9.98 Å². The molecule has 0 bridgehead atoms. The number of anilines is 1. The normalized spacial score (nSPS) is 23.3. The topological polar surface area (TPSA) is 92.6 Å². The fourth-order valence-electron chi connectivity index (χ4n) is 5.84. The summed E-state index contributed by atoms with van der Waals surface area (Å²) >= 11 is 6.60. The molecule has 0 spiro atoms. The van der Waals surface area contributed by atoms with Gasteiger partial charge in [0, 0.05) is 43.7 Å². The van der Waals surface area contributed by atoms with Crippen LogP contribution in [0.1, 0.15) is 75.1 Å². The highest BCUT2D eigenvalue weighted by Gasteiger charge is 2.31. The lowest BCUT2D eigenvalue weighted by Gasteiger charge is -2.33. The standard InChI is InChI=1S/C29H42ClN7O2/c1-19-27(37(23-8-6-7-9-23)17-16-26(38)36(19)5)34-29(31-2)33-25-15-10-20(18-24(25)30)28(39)32-21-11-13-22(14-12-21)35(3)4/h10,15,18,21-23H,2,6-9,11-14,16-17H2,1,3-5H3,(H,32,39)(H,33,34). The van der Waals surface area contributed by atoms with Crippen molar-refractivity contribution in [2.75, 3.05) is 33.0 Å². The second kappa shape index (κ2) is 13.0. The molecular formula is C29H42ClN7O2. The van der Waals surface area contributed by atoms with E-state index in [1.165, 1.54) is 12.8 Å². The first kappa shape index (κ1) is 29.1. The monoisotopic (exact) mass is 555 g/mol. The Labute approximate surface area is 237 Å². The number of nitrogens with one attached hydrogen (secondary N) is 2. The molecule has 2 aliphatic carbocycles. The number of hydrogen-bond acceptors (Lipinski definition) is 5. The smallest absolute Gasteiger partial charge is 0.251 e. The third kappa shape index (κ3) is 7.00. The van der Waals surface area contributed by atoms with E-state index in [-0.39, 0.29) is 23.8 Å². The fraction of sp³-hybridized carbons (Fsp3) is 0.586. The zero-order chi connectivity index (χ0) is 28.1. The van der Waals surface area contributed by atoms with E-state index in [1.807, 2.05) is 6.92 Å². The third-order valence-corrected chi connectivity index (χ3v) is 8.72. The van der Waals surface area contributed by atoms with Crippen molar-refractivity contribution in [2.45, 2.75) is 82.8 Å². The van der Waals surface area contributed by atoms with E-state index in [0.29, 0.717) is 41.3 Å². The zero-order valence-corrected chi connectivity index (χ0v) is 24.4. The van der Waals surface area contributed by atoms with Crippen molar-refractivity contribution < 1.29 is 9.59 Å². The van der Waals surface area contributed by atoms with Gasteiger partial charge in [-0.25, -0.2) is 4.99 Å². The molecule has 0 radical (unpaired) electrons. The van der Waals surface area contributed by atoms with Crippen LogP contribution in [0.2, 0.25) is 5.02 Å². The second-order valence-electron chi connectivity index (χ2n) is 11.1. The molecule has 1 heterocycles. The molecule has 0 saturated heterocycles. The van der Waals surface area contributed by atoms with Crippen LogP contribution in [0.15, 0.2) is 39.7 Å². The van der Waals surface area contributed by atoms with Crippen molar-refractivity contribution in [1.82, 2.24) is 20.0 Å². The number of benzene rings is 1. The molecule has 1 aromatic rings. The van der Waals surface area contributed by atoms with Crippen LogP contribution in [0.25, 0.3) is 0 Å². The molecule has 1 aliphatic heterocycles. The number of nitrogens with zero attached hydrogens (tertiary/aromatic N) is 5. The van der Waals surface area contributed by atoms with E-state index in [9.17, 15) is 9.59 Å². The van der Waals surface area contributed by atoms with Crippen molar-refractivity contribution in [3.63, 3.8) is 0 Å². The van der Waals surface area contributed by atoms with Crippen LogP contribution in [-0.4, -0.2) is 85.0 Å². The number of rotatable bonds is 6. The Morgan fingerprint density at radius 3 is 2.44 bits per heavy atom. The van der Waals surface area contributed by atoms with Gasteiger partial charge in [-0.05, 0) is 84.5 Å².